The van der Waals surface area contributed by atoms with Gasteiger partial charge in [-0.15, -0.1) is 0 Å². The van der Waals surface area contributed by atoms with Crippen molar-refractivity contribution in [1.29, 1.82) is 0 Å². The molecule has 0 aromatic rings. The molecular weight excluding hydrogens is 697 g/mol. The van der Waals surface area contributed by atoms with Gasteiger partial charge in [0.25, 0.3) is 0 Å². The van der Waals surface area contributed by atoms with Crippen LogP contribution in [0.1, 0.15) is 266 Å². The lowest BCUT2D eigenvalue weighted by Crippen LogP contribution is -2.30. The Kier molecular flexibility index (Phi) is 40.4. The monoisotopic (exact) mass is 793 g/mol. The largest absolute Gasteiger partial charge is 0.462 e. The molecule has 0 bridgehead atoms. The molecular formula is C50H96O6. The molecule has 0 heterocycles. The van der Waals surface area contributed by atoms with Crippen LogP contribution in [0.4, 0.5) is 0 Å². The van der Waals surface area contributed by atoms with E-state index in [2.05, 4.69) is 41.5 Å². The second kappa shape index (κ2) is 41.6. The third-order valence-electron chi connectivity index (χ3n) is 11.9. The van der Waals surface area contributed by atoms with Crippen LogP contribution >= 0.6 is 0 Å². The van der Waals surface area contributed by atoms with Gasteiger partial charge < -0.3 is 14.2 Å². The minimum Gasteiger partial charge on any atom is -0.462 e. The Bertz CT molecular complexity index is 872. The molecule has 0 saturated heterocycles. The zero-order valence-corrected chi connectivity index (χ0v) is 38.4. The summed E-state index contributed by atoms with van der Waals surface area (Å²) in [4.78, 5) is 37.8. The maximum absolute atomic E-state index is 12.7. The van der Waals surface area contributed by atoms with Gasteiger partial charge in [0.15, 0.2) is 6.10 Å². The van der Waals surface area contributed by atoms with Crippen LogP contribution in [0.25, 0.3) is 0 Å². The average Bonchev–Trinajstić information content (AvgIpc) is 3.18. The van der Waals surface area contributed by atoms with E-state index >= 15 is 0 Å². The number of unbranched alkanes of at least 4 members (excludes halogenated alkanes) is 24. The fourth-order valence-corrected chi connectivity index (χ4v) is 7.34. The van der Waals surface area contributed by atoms with Crippen LogP contribution in [-0.2, 0) is 28.6 Å². The van der Waals surface area contributed by atoms with E-state index in [1.165, 1.54) is 148 Å². The first kappa shape index (κ1) is 54.4. The van der Waals surface area contributed by atoms with E-state index in [0.29, 0.717) is 19.3 Å². The smallest absolute Gasteiger partial charge is 0.306 e. The van der Waals surface area contributed by atoms with Gasteiger partial charge in [-0.3, -0.25) is 14.4 Å². The molecule has 0 N–H and O–H groups in total. The van der Waals surface area contributed by atoms with Crippen LogP contribution in [0.2, 0.25) is 0 Å². The maximum Gasteiger partial charge on any atom is 0.306 e. The van der Waals surface area contributed by atoms with E-state index in [4.69, 9.17) is 14.2 Å². The average molecular weight is 793 g/mol. The molecule has 332 valence electrons. The van der Waals surface area contributed by atoms with Crippen LogP contribution in [0.5, 0.6) is 0 Å². The molecule has 0 amide bonds. The third-order valence-corrected chi connectivity index (χ3v) is 11.9. The summed E-state index contributed by atoms with van der Waals surface area (Å²) in [5.74, 6) is 1.66. The van der Waals surface area contributed by atoms with Crippen molar-refractivity contribution >= 4 is 17.9 Å². The van der Waals surface area contributed by atoms with Crippen molar-refractivity contribution in [3.63, 3.8) is 0 Å². The molecule has 2 unspecified atom stereocenters. The highest BCUT2D eigenvalue weighted by Gasteiger charge is 2.19. The number of hydrogen-bond acceptors (Lipinski definition) is 6. The van der Waals surface area contributed by atoms with Gasteiger partial charge in [0.1, 0.15) is 13.2 Å². The number of rotatable bonds is 43. The SMILES string of the molecule is CCC(C)CCCCCCCCCCCCC(=O)OC[C@H](COC(=O)CCCCCCCCCCC(C)CC)OC(=O)CCCCCCCCCCCC(C)C. The molecule has 0 saturated carbocycles. The van der Waals surface area contributed by atoms with Gasteiger partial charge in [-0.25, -0.2) is 0 Å². The number of carbonyl (C=O) groups is 3. The first-order valence-electron chi connectivity index (χ1n) is 24.7. The summed E-state index contributed by atoms with van der Waals surface area (Å²) in [6, 6.07) is 0. The van der Waals surface area contributed by atoms with Crippen LogP contribution in [0.3, 0.4) is 0 Å². The minimum absolute atomic E-state index is 0.0657. The Labute approximate surface area is 348 Å². The van der Waals surface area contributed by atoms with E-state index in [-0.39, 0.29) is 31.1 Å². The van der Waals surface area contributed by atoms with Crippen molar-refractivity contribution in [2.45, 2.75) is 272 Å². The van der Waals surface area contributed by atoms with E-state index in [1.54, 1.807) is 0 Å². The molecule has 6 nitrogen and oxygen atoms in total. The third kappa shape index (κ3) is 40.6. The van der Waals surface area contributed by atoms with Crippen molar-refractivity contribution in [3.8, 4) is 0 Å². The summed E-state index contributed by atoms with van der Waals surface area (Å²) >= 11 is 0. The quantitative estimate of drug-likeness (QED) is 0.0348. The summed E-state index contributed by atoms with van der Waals surface area (Å²) in [5, 5.41) is 0. The van der Waals surface area contributed by atoms with Crippen LogP contribution in [-0.4, -0.2) is 37.2 Å². The topological polar surface area (TPSA) is 78.9 Å². The number of ether oxygens (including phenoxy) is 3. The summed E-state index contributed by atoms with van der Waals surface area (Å²) in [5.41, 5.74) is 0. The van der Waals surface area contributed by atoms with Gasteiger partial charge in [0, 0.05) is 19.3 Å². The zero-order chi connectivity index (χ0) is 41.3. The van der Waals surface area contributed by atoms with Crippen molar-refractivity contribution in [2.24, 2.45) is 17.8 Å². The molecule has 0 aromatic carbocycles. The standard InChI is InChI=1S/C50H96O6/c1-7-45(5)37-31-25-19-13-9-10-14-21-27-33-39-48(51)54-42-47(56-50(53)41-35-29-23-15-11-12-18-24-30-36-44(3)4)43-55-49(52)40-34-28-22-17-16-20-26-32-38-46(6)8-2/h44-47H,7-43H2,1-6H3/t45?,46?,47-/m1/s1. The van der Waals surface area contributed by atoms with Crippen LogP contribution in [0.15, 0.2) is 0 Å². The Morgan fingerprint density at radius 2 is 0.625 bits per heavy atom. The predicted octanol–water partition coefficient (Wildman–Crippen LogP) is 15.6. The Morgan fingerprint density at radius 3 is 0.929 bits per heavy atom. The summed E-state index contributed by atoms with van der Waals surface area (Å²) < 4.78 is 16.8. The minimum atomic E-state index is -0.763. The second-order valence-corrected chi connectivity index (χ2v) is 18.1. The highest BCUT2D eigenvalue weighted by Crippen LogP contribution is 2.18. The Balaban J connectivity index is 4.35. The van der Waals surface area contributed by atoms with Crippen molar-refractivity contribution in [2.75, 3.05) is 13.2 Å². The number of hydrogen-bond donors (Lipinski definition) is 0. The van der Waals surface area contributed by atoms with Gasteiger partial charge in [-0.2, -0.15) is 0 Å². The lowest BCUT2D eigenvalue weighted by atomic mass is 9.99. The first-order chi connectivity index (χ1) is 27.2. The highest BCUT2D eigenvalue weighted by molar-refractivity contribution is 5.71. The van der Waals surface area contributed by atoms with E-state index in [9.17, 15) is 14.4 Å². The molecule has 0 radical (unpaired) electrons. The predicted molar refractivity (Wildman–Crippen MR) is 238 cm³/mol. The molecule has 0 spiro atoms. The Morgan fingerprint density at radius 1 is 0.357 bits per heavy atom. The lowest BCUT2D eigenvalue weighted by Gasteiger charge is -2.18. The molecule has 56 heavy (non-hydrogen) atoms. The molecule has 6 heteroatoms. The van der Waals surface area contributed by atoms with Crippen LogP contribution in [0, 0.1) is 17.8 Å². The normalized spacial score (nSPS) is 13.1. The van der Waals surface area contributed by atoms with E-state index in [1.807, 2.05) is 0 Å². The molecule has 0 rings (SSSR count). The number of carbonyl (C=O) groups excluding carboxylic acids is 3. The van der Waals surface area contributed by atoms with E-state index < -0.39 is 6.10 Å². The fourth-order valence-electron chi connectivity index (χ4n) is 7.34. The zero-order valence-electron chi connectivity index (χ0n) is 38.4. The molecule has 3 atom stereocenters. The molecule has 0 fully saturated rings. The fraction of sp³-hybridized carbons (Fsp3) is 0.940. The number of esters is 3. The Hall–Kier alpha value is -1.59. The summed E-state index contributed by atoms with van der Waals surface area (Å²) in [6.07, 6.45) is 39.3. The van der Waals surface area contributed by atoms with Gasteiger partial charge >= 0.3 is 17.9 Å². The highest BCUT2D eigenvalue weighted by atomic mass is 16.6. The van der Waals surface area contributed by atoms with Crippen LogP contribution < -0.4 is 0 Å². The van der Waals surface area contributed by atoms with Gasteiger partial charge in [-0.05, 0) is 37.0 Å². The van der Waals surface area contributed by atoms with Crippen molar-refractivity contribution in [3.05, 3.63) is 0 Å². The summed E-state index contributed by atoms with van der Waals surface area (Å²) in [6.45, 7) is 13.7. The second-order valence-electron chi connectivity index (χ2n) is 18.1. The van der Waals surface area contributed by atoms with Gasteiger partial charge in [0.2, 0.25) is 0 Å². The lowest BCUT2D eigenvalue weighted by molar-refractivity contribution is -0.167. The molecule has 0 aromatic heterocycles. The van der Waals surface area contributed by atoms with E-state index in [0.717, 1.165) is 75.5 Å². The van der Waals surface area contributed by atoms with Gasteiger partial charge in [-0.1, -0.05) is 228 Å². The maximum atomic E-state index is 12.7. The molecule has 0 aliphatic carbocycles. The molecule has 0 aliphatic heterocycles. The first-order valence-corrected chi connectivity index (χ1v) is 24.7. The molecule has 0 aliphatic rings. The summed E-state index contributed by atoms with van der Waals surface area (Å²) in [7, 11) is 0. The van der Waals surface area contributed by atoms with Crippen molar-refractivity contribution in [1.82, 2.24) is 0 Å². The van der Waals surface area contributed by atoms with Crippen molar-refractivity contribution < 1.29 is 28.6 Å². The van der Waals surface area contributed by atoms with Gasteiger partial charge in [0.05, 0.1) is 0 Å².